The number of carbonyl (C=O) groups is 1. The van der Waals surface area contributed by atoms with Gasteiger partial charge in [-0.15, -0.1) is 0 Å². The first-order chi connectivity index (χ1) is 27.0. The number of imidazole rings is 1. The highest BCUT2D eigenvalue weighted by Crippen LogP contribution is 2.61. The van der Waals surface area contributed by atoms with Gasteiger partial charge in [0.05, 0.1) is 31.8 Å². The summed E-state index contributed by atoms with van der Waals surface area (Å²) in [5.74, 6) is 1.80. The average Bonchev–Trinajstić information content (AvgIpc) is 3.72. The fourth-order valence-corrected chi connectivity index (χ4v) is 10.4. The lowest BCUT2D eigenvalue weighted by atomic mass is 9.47. The van der Waals surface area contributed by atoms with Crippen LogP contribution in [0.4, 0.5) is 4.39 Å². The Morgan fingerprint density at radius 1 is 0.800 bits per heavy atom. The SMILES string of the molecule is COc1ccc(COC2C3CC4CC2CC(C(=O)/C=C/c2c(F)cccc2-c2cn(C(c5ccccc5)(c5ccccc5)c5ccccc5)cn2)(C4)C3)cc1. The summed E-state index contributed by atoms with van der Waals surface area (Å²) in [5.41, 5.74) is 4.83. The molecule has 4 saturated carbocycles. The lowest BCUT2D eigenvalue weighted by Gasteiger charge is -2.58. The van der Waals surface area contributed by atoms with Gasteiger partial charge in [0.2, 0.25) is 0 Å². The van der Waals surface area contributed by atoms with Crippen molar-refractivity contribution < 1.29 is 18.7 Å². The molecule has 4 aliphatic rings. The highest BCUT2D eigenvalue weighted by atomic mass is 19.1. The van der Waals surface area contributed by atoms with Crippen LogP contribution in [-0.4, -0.2) is 28.5 Å². The van der Waals surface area contributed by atoms with Gasteiger partial charge in [-0.2, -0.15) is 0 Å². The van der Waals surface area contributed by atoms with Crippen molar-refractivity contribution in [3.05, 3.63) is 186 Å². The van der Waals surface area contributed by atoms with E-state index in [1.807, 2.05) is 48.9 Å². The zero-order valence-corrected chi connectivity index (χ0v) is 31.1. The molecule has 0 N–H and O–H groups in total. The monoisotopic (exact) mass is 728 g/mol. The molecule has 2 atom stereocenters. The smallest absolute Gasteiger partial charge is 0.161 e. The number of hydrogen-bond acceptors (Lipinski definition) is 4. The van der Waals surface area contributed by atoms with Crippen LogP contribution in [0.15, 0.2) is 152 Å². The van der Waals surface area contributed by atoms with Gasteiger partial charge >= 0.3 is 0 Å². The number of rotatable bonds is 12. The summed E-state index contributed by atoms with van der Waals surface area (Å²) < 4.78 is 29.9. The van der Waals surface area contributed by atoms with Crippen LogP contribution in [0.1, 0.15) is 59.9 Å². The standard InChI is InChI=1S/C49H45FN2O3/c1-54-41-22-20-34(21-23-41)32-55-47-36-26-35-27-37(47)30-48(28-35,29-36)46(53)25-24-42-43(18-11-19-44(42)50)45-31-52(33-51-45)49(38-12-5-2-6-13-38,39-14-7-3-8-15-39)40-16-9-4-10-17-40/h2-25,31,33,35-37,47H,26-30,32H2,1H3/b25-24+. The number of aromatic nitrogens is 2. The van der Waals surface area contributed by atoms with Gasteiger partial charge in [0.1, 0.15) is 17.1 Å². The van der Waals surface area contributed by atoms with E-state index in [0.29, 0.717) is 41.2 Å². The van der Waals surface area contributed by atoms with Gasteiger partial charge in [0.25, 0.3) is 0 Å². The molecule has 0 aliphatic heterocycles. The highest BCUT2D eigenvalue weighted by Gasteiger charge is 2.58. The summed E-state index contributed by atoms with van der Waals surface area (Å²) in [6.07, 6.45) is 12.1. The van der Waals surface area contributed by atoms with Crippen LogP contribution in [0.2, 0.25) is 0 Å². The van der Waals surface area contributed by atoms with Crippen molar-refractivity contribution in [2.75, 3.05) is 7.11 Å². The number of benzene rings is 5. The van der Waals surface area contributed by atoms with Gasteiger partial charge in [0.15, 0.2) is 5.78 Å². The van der Waals surface area contributed by atoms with Crippen molar-refractivity contribution in [2.45, 2.75) is 50.4 Å². The summed E-state index contributed by atoms with van der Waals surface area (Å²) in [6.45, 7) is 0.558. The van der Waals surface area contributed by atoms with Crippen molar-refractivity contribution in [1.82, 2.24) is 9.55 Å². The predicted molar refractivity (Wildman–Crippen MR) is 214 cm³/mol. The third kappa shape index (κ3) is 6.32. The van der Waals surface area contributed by atoms with E-state index in [9.17, 15) is 4.79 Å². The summed E-state index contributed by atoms with van der Waals surface area (Å²) in [6, 6.07) is 44.4. The van der Waals surface area contributed by atoms with E-state index in [4.69, 9.17) is 14.5 Å². The van der Waals surface area contributed by atoms with Crippen LogP contribution >= 0.6 is 0 Å². The Labute approximate surface area is 322 Å². The molecular formula is C49H45FN2O3. The molecule has 4 fully saturated rings. The maximum absolute atomic E-state index is 15.9. The summed E-state index contributed by atoms with van der Waals surface area (Å²) in [7, 11) is 1.67. The van der Waals surface area contributed by atoms with Gasteiger partial charge in [-0.05, 0) is 102 Å². The molecule has 55 heavy (non-hydrogen) atoms. The molecule has 1 heterocycles. The van der Waals surface area contributed by atoms with Gasteiger partial charge in [-0.3, -0.25) is 4.79 Å². The number of carbonyl (C=O) groups excluding carboxylic acids is 1. The quantitative estimate of drug-likeness (QED) is 0.0930. The fraction of sp³-hybridized carbons (Fsp3) is 0.265. The van der Waals surface area contributed by atoms with Crippen LogP contribution < -0.4 is 4.74 Å². The van der Waals surface area contributed by atoms with Gasteiger partial charge < -0.3 is 14.0 Å². The largest absolute Gasteiger partial charge is 0.497 e. The molecule has 5 aromatic carbocycles. The maximum atomic E-state index is 15.9. The second kappa shape index (κ2) is 14.6. The average molecular weight is 729 g/mol. The number of nitrogens with zero attached hydrogens (tertiary/aromatic N) is 2. The number of methoxy groups -OCH3 is 1. The minimum atomic E-state index is -0.747. The van der Waals surface area contributed by atoms with E-state index >= 15 is 4.39 Å². The van der Waals surface area contributed by atoms with E-state index in [1.165, 1.54) is 6.07 Å². The number of ketones is 1. The van der Waals surface area contributed by atoms with Gasteiger partial charge in [0, 0.05) is 22.7 Å². The Morgan fingerprint density at radius 3 is 1.98 bits per heavy atom. The number of halogens is 1. The molecule has 0 spiro atoms. The second-order valence-corrected chi connectivity index (χ2v) is 15.7. The van der Waals surface area contributed by atoms with Crippen molar-refractivity contribution in [3.63, 3.8) is 0 Å². The lowest BCUT2D eigenvalue weighted by molar-refractivity contribution is -0.171. The molecule has 4 aliphatic carbocycles. The van der Waals surface area contributed by atoms with E-state index in [1.54, 1.807) is 25.3 Å². The van der Waals surface area contributed by atoms with Crippen molar-refractivity contribution in [2.24, 2.45) is 23.2 Å². The first-order valence-corrected chi connectivity index (χ1v) is 19.4. The van der Waals surface area contributed by atoms with Crippen LogP contribution in [0.5, 0.6) is 5.75 Å². The third-order valence-corrected chi connectivity index (χ3v) is 12.6. The summed E-state index contributed by atoms with van der Waals surface area (Å²) >= 11 is 0. The molecule has 6 heteroatoms. The van der Waals surface area contributed by atoms with Crippen molar-refractivity contribution >= 4 is 11.9 Å². The third-order valence-electron chi connectivity index (χ3n) is 12.6. The second-order valence-electron chi connectivity index (χ2n) is 15.7. The zero-order chi connectivity index (χ0) is 37.4. The lowest BCUT2D eigenvalue weighted by Crippen LogP contribution is -2.56. The topological polar surface area (TPSA) is 53.4 Å². The van der Waals surface area contributed by atoms with Gasteiger partial charge in [-0.1, -0.05) is 115 Å². The molecule has 0 amide bonds. The summed E-state index contributed by atoms with van der Waals surface area (Å²) in [4.78, 5) is 19.2. The normalized spacial score (nSPS) is 22.9. The zero-order valence-electron chi connectivity index (χ0n) is 31.1. The van der Waals surface area contributed by atoms with Crippen LogP contribution in [-0.2, 0) is 21.7 Å². The molecule has 5 nitrogen and oxygen atoms in total. The molecule has 6 aromatic rings. The van der Waals surface area contributed by atoms with Crippen LogP contribution in [0.25, 0.3) is 17.3 Å². The number of hydrogen-bond donors (Lipinski definition) is 0. The Balaban J connectivity index is 1.01. The molecule has 10 rings (SSSR count). The van der Waals surface area contributed by atoms with E-state index in [0.717, 1.165) is 60.1 Å². The van der Waals surface area contributed by atoms with Gasteiger partial charge in [-0.25, -0.2) is 9.37 Å². The molecule has 2 unspecified atom stereocenters. The Bertz CT molecular complexity index is 2190. The predicted octanol–water partition coefficient (Wildman–Crippen LogP) is 10.5. The number of ether oxygens (including phenoxy) is 2. The first-order valence-electron chi connectivity index (χ1n) is 19.4. The van der Waals surface area contributed by atoms with Crippen LogP contribution in [0.3, 0.4) is 0 Å². The number of allylic oxidation sites excluding steroid dienone is 1. The molecular weight excluding hydrogens is 684 g/mol. The van der Waals surface area contributed by atoms with Crippen LogP contribution in [0, 0.1) is 29.0 Å². The molecule has 276 valence electrons. The first kappa shape index (κ1) is 35.1. The van der Waals surface area contributed by atoms with Crippen molar-refractivity contribution in [3.8, 4) is 17.0 Å². The molecule has 1 aromatic heterocycles. The van der Waals surface area contributed by atoms with E-state index in [2.05, 4.69) is 89.5 Å². The molecule has 0 saturated heterocycles. The molecule has 0 radical (unpaired) electrons. The summed E-state index contributed by atoms with van der Waals surface area (Å²) in [5, 5.41) is 0. The Kier molecular flexibility index (Phi) is 9.31. The minimum Gasteiger partial charge on any atom is -0.497 e. The maximum Gasteiger partial charge on any atom is 0.161 e. The molecule has 4 bridgehead atoms. The van der Waals surface area contributed by atoms with E-state index < -0.39 is 11.0 Å². The highest BCUT2D eigenvalue weighted by molar-refractivity contribution is 5.99. The van der Waals surface area contributed by atoms with Crippen molar-refractivity contribution in [1.29, 1.82) is 0 Å². The fourth-order valence-electron chi connectivity index (χ4n) is 10.4. The Hall–Kier alpha value is -5.59. The minimum absolute atomic E-state index is 0.108. The van der Waals surface area contributed by atoms with E-state index in [-0.39, 0.29) is 17.7 Å². The Morgan fingerprint density at radius 2 is 1.40 bits per heavy atom.